The highest BCUT2D eigenvalue weighted by molar-refractivity contribution is 5.68. The van der Waals surface area contributed by atoms with E-state index in [2.05, 4.69) is 32.8 Å². The number of aliphatic hydroxyl groups is 3. The number of aliphatic imine (C=N–C) groups is 1. The van der Waals surface area contributed by atoms with E-state index in [4.69, 9.17) is 5.73 Å². The molecule has 8 unspecified atom stereocenters. The lowest BCUT2D eigenvalue weighted by Gasteiger charge is -2.43. The van der Waals surface area contributed by atoms with E-state index in [1.807, 2.05) is 13.1 Å². The van der Waals surface area contributed by atoms with Crippen LogP contribution in [0.2, 0.25) is 0 Å². The topological polar surface area (TPSA) is 176 Å². The standard InChI is InChI=1S/C28H54N6O5/c1-20-24(36)15-23(34-14-13-30-19-34)22(33-20)9-8-21(35)7-5-3-4-6-10-28(39,17-26(37)38)18-32-27(2)11-12-31-25(29)16-27/h13,20-25,31-33,35-36,39H,3-12,14-19,29H2,1-2H3,(H,37,38). The lowest BCUT2D eigenvalue weighted by atomic mass is 9.86. The summed E-state index contributed by atoms with van der Waals surface area (Å²) >= 11 is 0. The van der Waals surface area contributed by atoms with Crippen LogP contribution in [-0.2, 0) is 4.79 Å². The minimum absolute atomic E-state index is 0.0435. The third kappa shape index (κ3) is 10.6. The smallest absolute Gasteiger partial charge is 0.306 e. The summed E-state index contributed by atoms with van der Waals surface area (Å²) < 4.78 is 0. The molecule has 9 N–H and O–H groups in total. The Morgan fingerprint density at radius 2 is 2.08 bits per heavy atom. The Hall–Kier alpha value is -1.18. The predicted octanol–water partition coefficient (Wildman–Crippen LogP) is 0.514. The molecule has 11 nitrogen and oxygen atoms in total. The number of hydrogen-bond acceptors (Lipinski definition) is 10. The molecule has 0 aromatic rings. The number of nitrogens with one attached hydrogen (secondary N) is 3. The number of aliphatic hydroxyl groups excluding tert-OH is 2. The zero-order valence-corrected chi connectivity index (χ0v) is 24.0. The second-order valence-corrected chi connectivity index (χ2v) is 12.6. The maximum Gasteiger partial charge on any atom is 0.306 e. The number of piperidine rings is 2. The van der Waals surface area contributed by atoms with Crippen LogP contribution in [0.5, 0.6) is 0 Å². The Morgan fingerprint density at radius 1 is 1.31 bits per heavy atom. The molecule has 0 saturated carbocycles. The molecular weight excluding hydrogens is 500 g/mol. The van der Waals surface area contributed by atoms with Crippen molar-refractivity contribution in [3.05, 3.63) is 0 Å². The largest absolute Gasteiger partial charge is 0.481 e. The molecule has 0 amide bonds. The van der Waals surface area contributed by atoms with E-state index in [0.717, 1.165) is 70.9 Å². The fraction of sp³-hybridized carbons (Fsp3) is 0.929. The van der Waals surface area contributed by atoms with Crippen molar-refractivity contribution in [2.45, 2.75) is 139 Å². The molecule has 0 radical (unpaired) electrons. The molecular formula is C28H54N6O5. The van der Waals surface area contributed by atoms with Gasteiger partial charge in [0, 0.05) is 43.0 Å². The molecule has 3 heterocycles. The number of nitrogens with zero attached hydrogens (tertiary/aromatic N) is 2. The van der Waals surface area contributed by atoms with Crippen molar-refractivity contribution < 1.29 is 25.2 Å². The first-order valence-corrected chi connectivity index (χ1v) is 15.0. The van der Waals surface area contributed by atoms with E-state index in [0.29, 0.717) is 19.5 Å². The first kappa shape index (κ1) is 32.3. The van der Waals surface area contributed by atoms with E-state index < -0.39 is 11.6 Å². The highest BCUT2D eigenvalue weighted by Gasteiger charge is 2.38. The van der Waals surface area contributed by atoms with Crippen molar-refractivity contribution in [3.63, 3.8) is 0 Å². The van der Waals surface area contributed by atoms with E-state index in [1.54, 1.807) is 0 Å². The summed E-state index contributed by atoms with van der Waals surface area (Å²) in [5.41, 5.74) is 4.52. The first-order valence-electron chi connectivity index (χ1n) is 15.0. The summed E-state index contributed by atoms with van der Waals surface area (Å²) in [7, 11) is 0. The minimum Gasteiger partial charge on any atom is -0.481 e. The zero-order valence-electron chi connectivity index (χ0n) is 24.0. The molecule has 3 aliphatic heterocycles. The lowest BCUT2D eigenvalue weighted by molar-refractivity contribution is -0.143. The van der Waals surface area contributed by atoms with E-state index in [-0.39, 0.29) is 55.0 Å². The Labute approximate surface area is 234 Å². The van der Waals surface area contributed by atoms with Gasteiger partial charge < -0.3 is 42.1 Å². The molecule has 226 valence electrons. The van der Waals surface area contributed by atoms with Crippen molar-refractivity contribution in [1.29, 1.82) is 0 Å². The van der Waals surface area contributed by atoms with Crippen LogP contribution in [0.4, 0.5) is 0 Å². The van der Waals surface area contributed by atoms with Crippen molar-refractivity contribution in [2.24, 2.45) is 10.7 Å². The van der Waals surface area contributed by atoms with Gasteiger partial charge in [0.1, 0.15) is 0 Å². The number of hydrogen-bond donors (Lipinski definition) is 8. The molecule has 0 spiro atoms. The molecule has 0 bridgehead atoms. The summed E-state index contributed by atoms with van der Waals surface area (Å²) in [5, 5.41) is 51.6. The molecule has 11 heteroatoms. The number of rotatable bonds is 16. The van der Waals surface area contributed by atoms with Gasteiger partial charge in [0.25, 0.3) is 0 Å². The summed E-state index contributed by atoms with van der Waals surface area (Å²) in [5.74, 6) is -0.995. The summed E-state index contributed by atoms with van der Waals surface area (Å²) in [6.07, 6.45) is 9.33. The highest BCUT2D eigenvalue weighted by atomic mass is 16.4. The molecule has 8 atom stereocenters. The van der Waals surface area contributed by atoms with E-state index in [1.165, 1.54) is 0 Å². The molecule has 3 rings (SSSR count). The van der Waals surface area contributed by atoms with Crippen LogP contribution in [0.15, 0.2) is 4.99 Å². The van der Waals surface area contributed by atoms with Crippen molar-refractivity contribution in [1.82, 2.24) is 20.9 Å². The molecule has 2 fully saturated rings. The SMILES string of the molecule is CC1NC(CCC(O)CCCCCCC(O)(CNC2(C)CCNC(N)C2)CC(=O)O)C(N2CC=NC2)CC1O. The van der Waals surface area contributed by atoms with Gasteiger partial charge in [-0.2, -0.15) is 0 Å². The van der Waals surface area contributed by atoms with Crippen molar-refractivity contribution in [2.75, 3.05) is 26.3 Å². The van der Waals surface area contributed by atoms with Gasteiger partial charge in [-0.05, 0) is 65.3 Å². The van der Waals surface area contributed by atoms with Gasteiger partial charge >= 0.3 is 5.97 Å². The Morgan fingerprint density at radius 3 is 2.77 bits per heavy atom. The molecule has 0 aromatic heterocycles. The maximum atomic E-state index is 11.4. The second kappa shape index (κ2) is 15.2. The van der Waals surface area contributed by atoms with Gasteiger partial charge in [-0.15, -0.1) is 0 Å². The van der Waals surface area contributed by atoms with Gasteiger partial charge in [-0.1, -0.05) is 25.7 Å². The summed E-state index contributed by atoms with van der Waals surface area (Å²) in [4.78, 5) is 18.1. The average molecular weight is 555 g/mol. The van der Waals surface area contributed by atoms with Gasteiger partial charge in [0.05, 0.1) is 37.1 Å². The fourth-order valence-corrected chi connectivity index (χ4v) is 6.43. The molecule has 0 aliphatic carbocycles. The van der Waals surface area contributed by atoms with E-state index in [9.17, 15) is 25.2 Å². The van der Waals surface area contributed by atoms with Crippen LogP contribution in [0.25, 0.3) is 0 Å². The average Bonchev–Trinajstić information content (AvgIpc) is 3.40. The van der Waals surface area contributed by atoms with Crippen LogP contribution in [0, 0.1) is 0 Å². The van der Waals surface area contributed by atoms with Gasteiger partial charge in [-0.3, -0.25) is 14.7 Å². The minimum atomic E-state index is -1.29. The van der Waals surface area contributed by atoms with Gasteiger partial charge in [0.2, 0.25) is 0 Å². The fourth-order valence-electron chi connectivity index (χ4n) is 6.43. The van der Waals surface area contributed by atoms with E-state index >= 15 is 0 Å². The third-order valence-electron chi connectivity index (χ3n) is 9.00. The van der Waals surface area contributed by atoms with Gasteiger partial charge in [-0.25, -0.2) is 0 Å². The number of β-amino-alcohol motifs (C(OH)–C–C–N with tert-alkyl or cyclic N) is 1. The number of carbonyl (C=O) groups is 1. The van der Waals surface area contributed by atoms with Gasteiger partial charge in [0.15, 0.2) is 0 Å². The molecule has 39 heavy (non-hydrogen) atoms. The van der Waals surface area contributed by atoms with Crippen LogP contribution in [0.1, 0.15) is 90.9 Å². The highest BCUT2D eigenvalue weighted by Crippen LogP contribution is 2.26. The number of carboxylic acid groups (broad SMARTS) is 1. The Balaban J connectivity index is 1.33. The monoisotopic (exact) mass is 554 g/mol. The Kier molecular flexibility index (Phi) is 12.6. The predicted molar refractivity (Wildman–Crippen MR) is 153 cm³/mol. The van der Waals surface area contributed by atoms with Crippen LogP contribution < -0.4 is 21.7 Å². The third-order valence-corrected chi connectivity index (χ3v) is 9.00. The molecule has 0 aromatic carbocycles. The number of aliphatic carboxylic acids is 1. The number of carboxylic acids is 1. The summed E-state index contributed by atoms with van der Waals surface area (Å²) in [6, 6.07) is 0.490. The number of unbranched alkanes of at least 4 members (excludes halogenated alkanes) is 3. The van der Waals surface area contributed by atoms with Crippen LogP contribution in [-0.4, -0.2) is 111 Å². The Bertz CT molecular complexity index is 782. The molecule has 2 saturated heterocycles. The summed E-state index contributed by atoms with van der Waals surface area (Å²) in [6.45, 7) is 6.61. The number of nitrogens with two attached hydrogens (primary N) is 1. The second-order valence-electron chi connectivity index (χ2n) is 12.6. The van der Waals surface area contributed by atoms with Crippen molar-refractivity contribution >= 4 is 12.2 Å². The zero-order chi connectivity index (χ0) is 28.5. The quantitative estimate of drug-likeness (QED) is 0.126. The van der Waals surface area contributed by atoms with Crippen LogP contribution >= 0.6 is 0 Å². The maximum absolute atomic E-state index is 11.4. The van der Waals surface area contributed by atoms with Crippen LogP contribution in [0.3, 0.4) is 0 Å². The molecule has 3 aliphatic rings. The van der Waals surface area contributed by atoms with Crippen molar-refractivity contribution in [3.8, 4) is 0 Å². The lowest BCUT2D eigenvalue weighted by Crippen LogP contribution is -2.61. The first-order chi connectivity index (χ1) is 18.5. The normalized spacial score (nSPS) is 34.2.